The summed E-state index contributed by atoms with van der Waals surface area (Å²) in [6.45, 7) is 6.43. The molecule has 6 heteroatoms. The van der Waals surface area contributed by atoms with Crippen LogP contribution >= 0.6 is 0 Å². The van der Waals surface area contributed by atoms with Gasteiger partial charge in [0.1, 0.15) is 13.2 Å². The summed E-state index contributed by atoms with van der Waals surface area (Å²) in [5.41, 5.74) is 0. The minimum atomic E-state index is -0.793. The first kappa shape index (κ1) is 57.6. The van der Waals surface area contributed by atoms with Crippen LogP contribution in [0.2, 0.25) is 0 Å². The van der Waals surface area contributed by atoms with Gasteiger partial charge in [-0.2, -0.15) is 0 Å². The molecule has 0 radical (unpaired) electrons. The third kappa shape index (κ3) is 47.5. The molecule has 0 aromatic rings. The second kappa shape index (κ2) is 49.2. The molecule has 0 bridgehead atoms. The first-order valence-electron chi connectivity index (χ1n) is 25.1. The highest BCUT2D eigenvalue weighted by Crippen LogP contribution is 2.13. The van der Waals surface area contributed by atoms with Crippen molar-refractivity contribution in [1.29, 1.82) is 0 Å². The van der Waals surface area contributed by atoms with Gasteiger partial charge in [0.05, 0.1) is 0 Å². The summed E-state index contributed by atoms with van der Waals surface area (Å²) in [5.74, 6) is -0.942. The Kier molecular flexibility index (Phi) is 46.5. The van der Waals surface area contributed by atoms with Gasteiger partial charge in [0, 0.05) is 19.3 Å². The average molecular weight is 849 g/mol. The van der Waals surface area contributed by atoms with Crippen molar-refractivity contribution in [3.63, 3.8) is 0 Å². The van der Waals surface area contributed by atoms with E-state index in [1.165, 1.54) is 77.0 Å². The lowest BCUT2D eigenvalue weighted by molar-refractivity contribution is -0.167. The van der Waals surface area contributed by atoms with E-state index in [9.17, 15) is 14.4 Å². The number of esters is 3. The lowest BCUT2D eigenvalue weighted by Gasteiger charge is -2.18. The third-order valence-electron chi connectivity index (χ3n) is 10.4. The summed E-state index contributed by atoms with van der Waals surface area (Å²) in [6.07, 6.45) is 62.8. The van der Waals surface area contributed by atoms with Gasteiger partial charge in [0.15, 0.2) is 6.10 Å². The van der Waals surface area contributed by atoms with Gasteiger partial charge in [-0.25, -0.2) is 0 Å². The average Bonchev–Trinajstić information content (AvgIpc) is 3.26. The Hall–Kier alpha value is -3.41. The highest BCUT2D eigenvalue weighted by molar-refractivity contribution is 5.71. The Balaban J connectivity index is 4.42. The van der Waals surface area contributed by atoms with E-state index in [-0.39, 0.29) is 31.1 Å². The maximum atomic E-state index is 12.8. The zero-order valence-corrected chi connectivity index (χ0v) is 39.7. The Morgan fingerprint density at radius 2 is 0.689 bits per heavy atom. The number of hydrogen-bond acceptors (Lipinski definition) is 6. The highest BCUT2D eigenvalue weighted by Gasteiger charge is 2.19. The van der Waals surface area contributed by atoms with Crippen molar-refractivity contribution in [2.24, 2.45) is 0 Å². The molecule has 1 atom stereocenters. The first-order chi connectivity index (χ1) is 30.0. The molecule has 0 heterocycles. The van der Waals surface area contributed by atoms with Gasteiger partial charge < -0.3 is 14.2 Å². The Morgan fingerprint density at radius 1 is 0.361 bits per heavy atom. The fraction of sp³-hybridized carbons (Fsp3) is 0.691. The lowest BCUT2D eigenvalue weighted by atomic mass is 10.1. The molecule has 0 aromatic carbocycles. The molecule has 1 unspecified atom stereocenters. The molecule has 0 fully saturated rings. The summed E-state index contributed by atoms with van der Waals surface area (Å²) in [4.78, 5) is 37.8. The summed E-state index contributed by atoms with van der Waals surface area (Å²) >= 11 is 0. The highest BCUT2D eigenvalue weighted by atomic mass is 16.6. The van der Waals surface area contributed by atoms with Crippen LogP contribution < -0.4 is 0 Å². The van der Waals surface area contributed by atoms with Crippen LogP contribution in [0.4, 0.5) is 0 Å². The molecule has 0 aliphatic heterocycles. The molecule has 61 heavy (non-hydrogen) atoms. The summed E-state index contributed by atoms with van der Waals surface area (Å²) in [5, 5.41) is 0. The number of unbranched alkanes of at least 4 members (excludes halogenated alkanes) is 20. The van der Waals surface area contributed by atoms with Crippen molar-refractivity contribution >= 4 is 17.9 Å². The van der Waals surface area contributed by atoms with Crippen LogP contribution in [0, 0.1) is 0 Å². The Bertz CT molecular complexity index is 1200. The van der Waals surface area contributed by atoms with Gasteiger partial charge in [0.2, 0.25) is 0 Å². The predicted molar refractivity (Wildman–Crippen MR) is 261 cm³/mol. The van der Waals surface area contributed by atoms with Crippen LogP contribution in [-0.2, 0) is 28.6 Å². The van der Waals surface area contributed by atoms with E-state index in [4.69, 9.17) is 14.2 Å². The standard InChI is InChI=1S/C55H92O6/c1-4-7-10-13-16-19-21-23-25-26-27-28-30-31-33-36-39-42-45-48-54(57)60-51-52(50-59-53(56)47-44-41-38-35-18-15-12-9-6-3)61-55(58)49-46-43-40-37-34-32-29-24-22-20-17-14-11-8-5-2/h7,10,16-17,19-20,22-25,27-28,31,33,52H,4-6,8-9,11-15,18,21,26,29-30,32,34-51H2,1-3H3/b10-7-,19-16-,20-17-,24-22-,25-23-,28-27-,33-31-. The molecule has 0 rings (SSSR count). The fourth-order valence-electron chi connectivity index (χ4n) is 6.63. The van der Waals surface area contributed by atoms with Gasteiger partial charge >= 0.3 is 17.9 Å². The zero-order chi connectivity index (χ0) is 44.4. The van der Waals surface area contributed by atoms with Crippen molar-refractivity contribution in [3.05, 3.63) is 85.1 Å². The van der Waals surface area contributed by atoms with Crippen LogP contribution in [0.25, 0.3) is 0 Å². The number of hydrogen-bond donors (Lipinski definition) is 0. The van der Waals surface area contributed by atoms with Gasteiger partial charge in [0.25, 0.3) is 0 Å². The molecule has 0 saturated heterocycles. The molecular formula is C55H92O6. The molecule has 0 aromatic heterocycles. The Morgan fingerprint density at radius 3 is 1.15 bits per heavy atom. The molecule has 0 aliphatic rings. The molecule has 0 N–H and O–H groups in total. The Labute approximate surface area is 375 Å². The molecule has 0 amide bonds. The molecule has 0 aliphatic carbocycles. The van der Waals surface area contributed by atoms with E-state index < -0.39 is 6.10 Å². The third-order valence-corrected chi connectivity index (χ3v) is 10.4. The van der Waals surface area contributed by atoms with E-state index in [1.54, 1.807) is 0 Å². The molecule has 0 spiro atoms. The monoisotopic (exact) mass is 849 g/mol. The normalized spacial score (nSPS) is 12.8. The van der Waals surface area contributed by atoms with E-state index in [2.05, 4.69) is 106 Å². The van der Waals surface area contributed by atoms with Crippen LogP contribution in [0.5, 0.6) is 0 Å². The zero-order valence-electron chi connectivity index (χ0n) is 39.7. The second-order valence-corrected chi connectivity index (χ2v) is 16.4. The summed E-state index contributed by atoms with van der Waals surface area (Å²) < 4.78 is 16.7. The number of allylic oxidation sites excluding steroid dienone is 14. The largest absolute Gasteiger partial charge is 0.462 e. The van der Waals surface area contributed by atoms with Gasteiger partial charge in [-0.3, -0.25) is 14.4 Å². The SMILES string of the molecule is CC/C=C\C/C=C\C/C=C\C/C=C\C/C=C\CCCCCC(=O)OCC(COC(=O)CCCCCCCCCCC)OC(=O)CCCCCCCC/C=C\C=C/CCCCC. The van der Waals surface area contributed by atoms with Gasteiger partial charge in [-0.05, 0) is 89.9 Å². The van der Waals surface area contributed by atoms with Crippen molar-refractivity contribution < 1.29 is 28.6 Å². The van der Waals surface area contributed by atoms with Gasteiger partial charge in [-0.1, -0.05) is 202 Å². The summed E-state index contributed by atoms with van der Waals surface area (Å²) in [7, 11) is 0. The molecule has 6 nitrogen and oxygen atoms in total. The molecular weight excluding hydrogens is 757 g/mol. The van der Waals surface area contributed by atoms with Crippen LogP contribution in [0.3, 0.4) is 0 Å². The second-order valence-electron chi connectivity index (χ2n) is 16.4. The van der Waals surface area contributed by atoms with E-state index in [0.717, 1.165) is 109 Å². The van der Waals surface area contributed by atoms with Gasteiger partial charge in [-0.15, -0.1) is 0 Å². The maximum absolute atomic E-state index is 12.8. The molecule has 0 saturated carbocycles. The molecule has 348 valence electrons. The number of rotatable bonds is 44. The number of carbonyl (C=O) groups excluding carboxylic acids is 3. The maximum Gasteiger partial charge on any atom is 0.306 e. The summed E-state index contributed by atoms with van der Waals surface area (Å²) in [6, 6.07) is 0. The quantitative estimate of drug-likeness (QED) is 0.0200. The minimum Gasteiger partial charge on any atom is -0.462 e. The lowest BCUT2D eigenvalue weighted by Crippen LogP contribution is -2.30. The van der Waals surface area contributed by atoms with Crippen molar-refractivity contribution in [2.45, 2.75) is 232 Å². The van der Waals surface area contributed by atoms with Crippen LogP contribution in [0.15, 0.2) is 85.1 Å². The van der Waals surface area contributed by atoms with E-state index >= 15 is 0 Å². The topological polar surface area (TPSA) is 78.9 Å². The van der Waals surface area contributed by atoms with Crippen LogP contribution in [0.1, 0.15) is 226 Å². The number of carbonyl (C=O) groups is 3. The van der Waals surface area contributed by atoms with Crippen molar-refractivity contribution in [2.75, 3.05) is 13.2 Å². The predicted octanol–water partition coefficient (Wildman–Crippen LogP) is 16.4. The van der Waals surface area contributed by atoms with Crippen LogP contribution in [-0.4, -0.2) is 37.2 Å². The minimum absolute atomic E-state index is 0.0916. The van der Waals surface area contributed by atoms with Crippen molar-refractivity contribution in [3.8, 4) is 0 Å². The number of ether oxygens (including phenoxy) is 3. The smallest absolute Gasteiger partial charge is 0.306 e. The first-order valence-corrected chi connectivity index (χ1v) is 25.1. The van der Waals surface area contributed by atoms with E-state index in [1.807, 2.05) is 0 Å². The van der Waals surface area contributed by atoms with Crippen molar-refractivity contribution in [1.82, 2.24) is 0 Å². The van der Waals surface area contributed by atoms with E-state index in [0.29, 0.717) is 19.3 Å². The fourth-order valence-corrected chi connectivity index (χ4v) is 6.63.